The minimum Gasteiger partial charge on any atom is -0.372 e. The van der Waals surface area contributed by atoms with Crippen molar-refractivity contribution in [3.63, 3.8) is 0 Å². The molecule has 19 heavy (non-hydrogen) atoms. The number of hydrogen-bond donors (Lipinski definition) is 1. The molecule has 0 radical (unpaired) electrons. The van der Waals surface area contributed by atoms with Crippen LogP contribution in [-0.2, 0) is 14.3 Å². The highest BCUT2D eigenvalue weighted by molar-refractivity contribution is 5.86. The second-order valence-corrected chi connectivity index (χ2v) is 5.21. The molecule has 0 saturated carbocycles. The van der Waals surface area contributed by atoms with Crippen LogP contribution in [-0.4, -0.2) is 55.5 Å². The Kier molecular flexibility index (Phi) is 3.75. The summed E-state index contributed by atoms with van der Waals surface area (Å²) < 4.78 is 32.5. The maximum absolute atomic E-state index is 13.8. The average Bonchev–Trinajstić information content (AvgIpc) is 2.65. The van der Waals surface area contributed by atoms with Crippen LogP contribution in [0.5, 0.6) is 0 Å². The van der Waals surface area contributed by atoms with Gasteiger partial charge in [-0.3, -0.25) is 9.59 Å². The zero-order chi connectivity index (χ0) is 14.1. The highest BCUT2D eigenvalue weighted by atomic mass is 19.3. The lowest BCUT2D eigenvalue weighted by Gasteiger charge is -2.42. The van der Waals surface area contributed by atoms with Crippen LogP contribution in [0.3, 0.4) is 0 Å². The van der Waals surface area contributed by atoms with E-state index in [4.69, 9.17) is 4.74 Å². The molecule has 0 aliphatic carbocycles. The van der Waals surface area contributed by atoms with Crippen LogP contribution in [0.4, 0.5) is 8.78 Å². The lowest BCUT2D eigenvalue weighted by molar-refractivity contribution is -0.162. The van der Waals surface area contributed by atoms with Crippen LogP contribution < -0.4 is 5.32 Å². The summed E-state index contributed by atoms with van der Waals surface area (Å²) in [5.74, 6) is -3.89. The molecule has 0 aromatic rings. The van der Waals surface area contributed by atoms with Gasteiger partial charge in [0, 0.05) is 26.1 Å². The Bertz CT molecular complexity index is 389. The van der Waals surface area contributed by atoms with Crippen LogP contribution in [0, 0.1) is 5.41 Å². The summed E-state index contributed by atoms with van der Waals surface area (Å²) in [5.41, 5.74) is -1.14. The standard InChI is InChI=1S/C12H18F2N2O3/c1-2-19-5-9(17)16-7-11(3-4-15-10(11)18)6-12(13,14)8-16/h2-8H2,1H3,(H,15,18). The number of nitrogens with one attached hydrogen (secondary N) is 1. The second kappa shape index (κ2) is 5.03. The summed E-state index contributed by atoms with van der Waals surface area (Å²) in [6.07, 6.45) is -0.135. The summed E-state index contributed by atoms with van der Waals surface area (Å²) in [5, 5.41) is 2.58. The fourth-order valence-electron chi connectivity index (χ4n) is 2.80. The van der Waals surface area contributed by atoms with Crippen LogP contribution in [0.25, 0.3) is 0 Å². The van der Waals surface area contributed by atoms with E-state index in [0.29, 0.717) is 19.6 Å². The molecule has 2 fully saturated rings. The lowest BCUT2D eigenvalue weighted by atomic mass is 9.77. The molecule has 2 aliphatic heterocycles. The first-order valence-electron chi connectivity index (χ1n) is 6.40. The van der Waals surface area contributed by atoms with Crippen molar-refractivity contribution in [1.82, 2.24) is 10.2 Å². The Morgan fingerprint density at radius 3 is 2.79 bits per heavy atom. The Morgan fingerprint density at radius 2 is 2.21 bits per heavy atom. The van der Waals surface area contributed by atoms with Gasteiger partial charge >= 0.3 is 0 Å². The van der Waals surface area contributed by atoms with Crippen molar-refractivity contribution in [1.29, 1.82) is 0 Å². The minimum atomic E-state index is -3.03. The Morgan fingerprint density at radius 1 is 1.47 bits per heavy atom. The van der Waals surface area contributed by atoms with Gasteiger partial charge in [-0.05, 0) is 13.3 Å². The number of nitrogens with zero attached hydrogens (tertiary/aromatic N) is 1. The smallest absolute Gasteiger partial charge is 0.266 e. The van der Waals surface area contributed by atoms with Crippen LogP contribution in [0.2, 0.25) is 0 Å². The number of carbonyl (C=O) groups is 2. The van der Waals surface area contributed by atoms with Crippen molar-refractivity contribution < 1.29 is 23.1 Å². The molecule has 0 aromatic heterocycles. The van der Waals surface area contributed by atoms with Gasteiger partial charge in [-0.2, -0.15) is 0 Å². The van der Waals surface area contributed by atoms with Gasteiger partial charge in [0.25, 0.3) is 5.92 Å². The van der Waals surface area contributed by atoms with Gasteiger partial charge in [0.2, 0.25) is 11.8 Å². The van der Waals surface area contributed by atoms with E-state index in [1.54, 1.807) is 6.92 Å². The fraction of sp³-hybridized carbons (Fsp3) is 0.833. The highest BCUT2D eigenvalue weighted by Crippen LogP contribution is 2.43. The molecule has 2 rings (SSSR count). The third-order valence-electron chi connectivity index (χ3n) is 3.67. The number of alkyl halides is 2. The van der Waals surface area contributed by atoms with Gasteiger partial charge in [0.05, 0.1) is 12.0 Å². The van der Waals surface area contributed by atoms with Crippen LogP contribution >= 0.6 is 0 Å². The zero-order valence-corrected chi connectivity index (χ0v) is 10.9. The third-order valence-corrected chi connectivity index (χ3v) is 3.67. The molecule has 2 amide bonds. The van der Waals surface area contributed by atoms with E-state index in [0.717, 1.165) is 4.90 Å². The predicted octanol–water partition coefficient (Wildman–Crippen LogP) is 0.397. The second-order valence-electron chi connectivity index (χ2n) is 5.21. The molecule has 2 aliphatic rings. The van der Waals surface area contributed by atoms with E-state index in [1.807, 2.05) is 0 Å². The normalized spacial score (nSPS) is 29.6. The largest absolute Gasteiger partial charge is 0.372 e. The average molecular weight is 276 g/mol. The SMILES string of the molecule is CCOCC(=O)N1CC(F)(F)CC2(CCNC2=O)C1. The van der Waals surface area contributed by atoms with E-state index < -0.39 is 30.2 Å². The number of piperidine rings is 1. The van der Waals surface area contributed by atoms with E-state index in [1.165, 1.54) is 0 Å². The Balaban J connectivity index is 2.13. The number of amides is 2. The van der Waals surface area contributed by atoms with Crippen molar-refractivity contribution >= 4 is 11.8 Å². The van der Waals surface area contributed by atoms with E-state index >= 15 is 0 Å². The van der Waals surface area contributed by atoms with Crippen molar-refractivity contribution in [3.8, 4) is 0 Å². The number of rotatable bonds is 3. The molecule has 2 heterocycles. The minimum absolute atomic E-state index is 0.0559. The maximum Gasteiger partial charge on any atom is 0.266 e. The monoisotopic (exact) mass is 276 g/mol. The molecule has 0 bridgehead atoms. The molecule has 2 saturated heterocycles. The quantitative estimate of drug-likeness (QED) is 0.811. The molecule has 0 aromatic carbocycles. The Labute approximate surface area is 110 Å². The molecule has 1 N–H and O–H groups in total. The first-order valence-corrected chi connectivity index (χ1v) is 6.40. The fourth-order valence-corrected chi connectivity index (χ4v) is 2.80. The van der Waals surface area contributed by atoms with Gasteiger partial charge in [-0.25, -0.2) is 8.78 Å². The summed E-state index contributed by atoms with van der Waals surface area (Å²) in [6.45, 7) is 1.67. The van der Waals surface area contributed by atoms with Crippen molar-refractivity contribution in [2.45, 2.75) is 25.7 Å². The molecular formula is C12H18F2N2O3. The summed E-state index contributed by atoms with van der Waals surface area (Å²) in [4.78, 5) is 24.7. The first kappa shape index (κ1) is 14.2. The van der Waals surface area contributed by atoms with Crippen LogP contribution in [0.15, 0.2) is 0 Å². The number of hydrogen-bond acceptors (Lipinski definition) is 3. The van der Waals surface area contributed by atoms with Gasteiger partial charge in [0.1, 0.15) is 6.61 Å². The molecule has 1 unspecified atom stereocenters. The molecule has 108 valence electrons. The number of carbonyl (C=O) groups excluding carboxylic acids is 2. The third kappa shape index (κ3) is 2.86. The first-order chi connectivity index (χ1) is 8.88. The number of likely N-dealkylation sites (tertiary alicyclic amines) is 1. The zero-order valence-electron chi connectivity index (χ0n) is 10.9. The highest BCUT2D eigenvalue weighted by Gasteiger charge is 2.55. The van der Waals surface area contributed by atoms with E-state index in [9.17, 15) is 18.4 Å². The summed E-state index contributed by atoms with van der Waals surface area (Å²) >= 11 is 0. The van der Waals surface area contributed by atoms with Gasteiger partial charge < -0.3 is 15.0 Å². The molecule has 7 heteroatoms. The number of halogens is 2. The Hall–Kier alpha value is -1.24. The maximum atomic E-state index is 13.8. The van der Waals surface area contributed by atoms with Gasteiger partial charge in [-0.1, -0.05) is 0 Å². The van der Waals surface area contributed by atoms with Crippen molar-refractivity contribution in [2.24, 2.45) is 5.41 Å². The van der Waals surface area contributed by atoms with Crippen LogP contribution in [0.1, 0.15) is 19.8 Å². The molecule has 1 atom stereocenters. The topological polar surface area (TPSA) is 58.6 Å². The molecule has 5 nitrogen and oxygen atoms in total. The van der Waals surface area contributed by atoms with E-state index in [-0.39, 0.29) is 19.1 Å². The van der Waals surface area contributed by atoms with Crippen molar-refractivity contribution in [3.05, 3.63) is 0 Å². The van der Waals surface area contributed by atoms with E-state index in [2.05, 4.69) is 5.32 Å². The summed E-state index contributed by atoms with van der Waals surface area (Å²) in [6, 6.07) is 0. The molecular weight excluding hydrogens is 258 g/mol. The molecule has 1 spiro atoms. The van der Waals surface area contributed by atoms with Crippen molar-refractivity contribution in [2.75, 3.05) is 32.8 Å². The predicted molar refractivity (Wildman–Crippen MR) is 62.7 cm³/mol. The number of ether oxygens (including phenoxy) is 1. The van der Waals surface area contributed by atoms with Gasteiger partial charge in [0.15, 0.2) is 0 Å². The summed E-state index contributed by atoms with van der Waals surface area (Å²) in [7, 11) is 0. The lowest BCUT2D eigenvalue weighted by Crippen LogP contribution is -2.57. The van der Waals surface area contributed by atoms with Gasteiger partial charge in [-0.15, -0.1) is 0 Å².